The highest BCUT2D eigenvalue weighted by Gasteiger charge is 2.34. The Bertz CT molecular complexity index is 4410. The molecule has 22 heteroatoms. The van der Waals surface area contributed by atoms with E-state index in [1.807, 2.05) is 0 Å². The third-order valence-corrected chi connectivity index (χ3v) is 14.8. The first-order valence-electron chi connectivity index (χ1n) is 36.1. The van der Waals surface area contributed by atoms with Gasteiger partial charge in [0, 0.05) is 109 Å². The van der Waals surface area contributed by atoms with Crippen molar-refractivity contribution in [2.75, 3.05) is 34.2 Å². The lowest BCUT2D eigenvalue weighted by Gasteiger charge is -2.27. The molecular weight excluding hydrogens is 1070 g/mol. The number of halogens is 3. The Hall–Kier alpha value is -8.95. The molecule has 3 fully saturated rings. The summed E-state index contributed by atoms with van der Waals surface area (Å²) in [6.07, 6.45) is -3.27. The van der Waals surface area contributed by atoms with Crippen molar-refractivity contribution in [1.82, 2.24) is 74.7 Å². The minimum Gasteiger partial charge on any atom is -0.382 e. The predicted molar refractivity (Wildman–Crippen MR) is 315 cm³/mol. The van der Waals surface area contributed by atoms with Crippen LogP contribution < -0.4 is 30.7 Å². The van der Waals surface area contributed by atoms with Gasteiger partial charge < -0.3 is 30.7 Å². The number of nitrogens with zero attached hydrogens (tertiary/aromatic N) is 15. The molecule has 0 radical (unpaired) electrons. The molecule has 0 saturated carbocycles. The number of rotatable bonds is 0. The van der Waals surface area contributed by atoms with E-state index in [0.29, 0.717) is 33.8 Å². The number of carbonyl (C=O) groups excluding carboxylic acids is 1. The Morgan fingerprint density at radius 1 is 0.500 bits per heavy atom. The first-order valence-corrected chi connectivity index (χ1v) is 27.1. The molecule has 0 aromatic carbocycles. The number of aromatic nitrogens is 12. The molecule has 6 bridgehead atoms. The minimum absolute atomic E-state index is 0.0299. The standard InChI is InChI=1S/2C21H23FN6.C20H21FN6O/c2*1-13-5-6-18-16(10-15(22)11-23-18)19-4-3-8-27(19)20-7-9-28-21(26-20)17(12-24-28)14(2)25-13;1-12-4-5-16-14(9-13(21)10-22-16)17-3-2-7-26(17)18-6-8-27-19(25-18)15(11-23-27)20(28)24-12/h2*7,9-13,19,25H,2-6,8H2,1H3;6,8-12,17H,2-5,7H2,1H3,(H,24,28)/t13-,19?;13-,19-;12-,17+/m111/s1/i2*5D2,6D2,8D2;4D2,5D2,7D2. The SMILES string of the molecule is [2H]C1([2H])CCC2c3cc(F)cnc3C([2H])([2H])C([2H])([2H])[C@@H](C)NC(=C)c3cnn4ccc(nc34)N21.[2H]C1([2H])CC[C@@H]2c3cc(F)cnc3C([2H])([2H])C([2H])([2H])[C@@H](C)NC(=C)c3cnn4ccc(nc34)N21.[2H]C1([2H])CC[C@H]2c3cc(F)cnc3C([2H])([2H])C([2H])([2H])[C@@H](C)NC(=O)c3cnn4ccc(nc34)N21. The van der Waals surface area contributed by atoms with Crippen LogP contribution in [0, 0.1) is 17.5 Å². The second kappa shape index (κ2) is 22.7. The number of aryl methyl sites for hydroxylation is 3. The number of hydrogen-bond acceptors (Lipinski definition) is 15. The number of hydrogen-bond donors (Lipinski definition) is 3. The maximum Gasteiger partial charge on any atom is 0.256 e. The molecule has 15 rings (SSSR count). The van der Waals surface area contributed by atoms with Crippen molar-refractivity contribution in [3.8, 4) is 0 Å². The summed E-state index contributed by atoms with van der Waals surface area (Å²) in [4.78, 5) is 42.9. The van der Waals surface area contributed by atoms with E-state index in [0.717, 1.165) is 36.8 Å². The average Bonchev–Trinajstić information content (AvgIpc) is 1.46. The number of amides is 1. The second-order valence-corrected chi connectivity index (χ2v) is 20.6. The lowest BCUT2D eigenvalue weighted by atomic mass is 9.98. The first kappa shape index (κ1) is 37.3. The van der Waals surface area contributed by atoms with E-state index in [1.165, 1.54) is 79.9 Å². The Balaban J connectivity index is 0.000000137. The van der Waals surface area contributed by atoms with E-state index in [9.17, 15) is 18.0 Å². The fourth-order valence-electron chi connectivity index (χ4n) is 10.9. The monoisotopic (exact) mass is 1150 g/mol. The average molecular weight is 1160 g/mol. The van der Waals surface area contributed by atoms with Crippen LogP contribution in [-0.4, -0.2) is 102 Å². The summed E-state index contributed by atoms with van der Waals surface area (Å²) >= 11 is 0. The van der Waals surface area contributed by atoms with Crippen LogP contribution in [0.4, 0.5) is 30.6 Å². The van der Waals surface area contributed by atoms with Crippen molar-refractivity contribution in [2.45, 2.75) is 134 Å². The largest absolute Gasteiger partial charge is 0.382 e. The molecule has 15 heterocycles. The fraction of sp³-hybridized carbons (Fsp3) is 0.387. The van der Waals surface area contributed by atoms with Crippen LogP contribution in [0.25, 0.3) is 28.3 Å². The summed E-state index contributed by atoms with van der Waals surface area (Å²) in [5.74, 6) is -2.21. The maximum atomic E-state index is 14.4. The van der Waals surface area contributed by atoms with E-state index >= 15 is 0 Å². The molecule has 0 aliphatic carbocycles. The van der Waals surface area contributed by atoms with Crippen LogP contribution in [0.2, 0.25) is 0 Å². The third kappa shape index (κ3) is 10.6. The fourth-order valence-corrected chi connectivity index (χ4v) is 10.9. The van der Waals surface area contributed by atoms with Gasteiger partial charge in [0.05, 0.1) is 66.4 Å². The molecule has 84 heavy (non-hydrogen) atoms. The van der Waals surface area contributed by atoms with Crippen LogP contribution in [-0.2, 0) is 19.1 Å². The van der Waals surface area contributed by atoms with Gasteiger partial charge in [0.1, 0.15) is 40.5 Å². The molecular formula is C62H67F3N18O. The minimum atomic E-state index is -2.77. The molecule has 19 nitrogen and oxygen atoms in total. The molecule has 3 saturated heterocycles. The van der Waals surface area contributed by atoms with Gasteiger partial charge in [-0.2, -0.15) is 15.3 Å². The zero-order valence-corrected chi connectivity index (χ0v) is 45.5. The van der Waals surface area contributed by atoms with Crippen LogP contribution in [0.1, 0.15) is 176 Å². The highest BCUT2D eigenvalue weighted by molar-refractivity contribution is 6.00. The van der Waals surface area contributed by atoms with Crippen molar-refractivity contribution in [3.05, 3.63) is 173 Å². The molecule has 9 aromatic heterocycles. The van der Waals surface area contributed by atoms with Gasteiger partial charge in [0.25, 0.3) is 5.91 Å². The van der Waals surface area contributed by atoms with Gasteiger partial charge in [0.15, 0.2) is 16.9 Å². The van der Waals surface area contributed by atoms with Crippen LogP contribution in [0.3, 0.4) is 0 Å². The van der Waals surface area contributed by atoms with Crippen molar-refractivity contribution < 1.29 is 42.6 Å². The third-order valence-electron chi connectivity index (χ3n) is 14.8. The summed E-state index contributed by atoms with van der Waals surface area (Å²) in [6, 6.07) is 2.06. The topological polar surface area (TPSA) is 192 Å². The maximum absolute atomic E-state index is 14.4. The Morgan fingerprint density at radius 2 is 0.833 bits per heavy atom. The van der Waals surface area contributed by atoms with Crippen LogP contribution in [0.5, 0.6) is 0 Å². The van der Waals surface area contributed by atoms with Crippen LogP contribution >= 0.6 is 0 Å². The number of carbonyl (C=O) groups is 1. The van der Waals surface area contributed by atoms with Crippen molar-refractivity contribution in [3.63, 3.8) is 0 Å². The predicted octanol–water partition coefficient (Wildman–Crippen LogP) is 9.67. The van der Waals surface area contributed by atoms with Crippen molar-refractivity contribution >= 4 is 51.7 Å². The van der Waals surface area contributed by atoms with E-state index in [-0.39, 0.29) is 101 Å². The Kier molecular flexibility index (Phi) is 10.1. The summed E-state index contributed by atoms with van der Waals surface area (Å²) in [5.41, 5.74) is 1.78. The van der Waals surface area contributed by atoms with E-state index in [1.54, 1.807) is 24.5 Å². The summed E-state index contributed by atoms with van der Waals surface area (Å²) in [7, 11) is 0. The smallest absolute Gasteiger partial charge is 0.256 e. The lowest BCUT2D eigenvalue weighted by molar-refractivity contribution is 0.0939. The van der Waals surface area contributed by atoms with Gasteiger partial charge in [-0.3, -0.25) is 19.7 Å². The number of fused-ring (bicyclic) bond motifs is 15. The molecule has 0 spiro atoms. The molecule has 6 atom stereocenters. The van der Waals surface area contributed by atoms with Gasteiger partial charge in [0.2, 0.25) is 0 Å². The van der Waals surface area contributed by atoms with Crippen LogP contribution in [0.15, 0.2) is 105 Å². The highest BCUT2D eigenvalue weighted by Crippen LogP contribution is 2.41. The molecule has 6 aliphatic heterocycles. The van der Waals surface area contributed by atoms with Crippen molar-refractivity contribution in [1.29, 1.82) is 0 Å². The second-order valence-electron chi connectivity index (χ2n) is 20.6. The Morgan fingerprint density at radius 3 is 1.20 bits per heavy atom. The van der Waals surface area contributed by atoms with Gasteiger partial charge in [-0.15, -0.1) is 0 Å². The molecule has 6 aliphatic rings. The van der Waals surface area contributed by atoms with E-state index in [2.05, 4.69) is 74.3 Å². The summed E-state index contributed by atoms with van der Waals surface area (Å²) < 4.78 is 204. The summed E-state index contributed by atoms with van der Waals surface area (Å²) in [6.45, 7) is 6.64. The molecule has 3 N–H and O–H groups in total. The number of pyridine rings is 3. The quantitative estimate of drug-likeness (QED) is 0.130. The van der Waals surface area contributed by atoms with Gasteiger partial charge in [-0.25, -0.2) is 41.7 Å². The van der Waals surface area contributed by atoms with Gasteiger partial charge >= 0.3 is 0 Å². The molecule has 9 aromatic rings. The highest BCUT2D eigenvalue weighted by atomic mass is 19.1. The molecule has 1 amide bonds. The van der Waals surface area contributed by atoms with Gasteiger partial charge in [-0.1, -0.05) is 13.2 Å². The van der Waals surface area contributed by atoms with Crippen molar-refractivity contribution in [2.24, 2.45) is 0 Å². The Labute approximate surface area is 509 Å². The number of anilines is 3. The summed E-state index contributed by atoms with van der Waals surface area (Å²) in [5, 5.41) is 21.0. The van der Waals surface area contributed by atoms with E-state index in [4.69, 9.17) is 24.7 Å². The van der Waals surface area contributed by atoms with Gasteiger partial charge in [-0.05, 0) is 151 Å². The zero-order valence-electron chi connectivity index (χ0n) is 63.5. The molecule has 1 unspecified atom stereocenters. The van der Waals surface area contributed by atoms with E-state index < -0.39 is 117 Å². The first-order chi connectivity index (χ1) is 47.5. The lowest BCUT2D eigenvalue weighted by Crippen LogP contribution is -2.33. The number of nitrogens with one attached hydrogen (secondary N) is 3. The normalized spacial score (nSPS) is 30.8. The zero-order chi connectivity index (χ0) is 73.9. The molecule has 432 valence electrons.